The standard InChI is InChI=1S/C14H21N5O4/c1-8(15)12(20)18-10(5-9-6-16-7-17-9)13(21)19-4-2-3-11(19)14(22)23/h6-8,10-11H,2-5,15H2,1H3,(H,16,17)(H,18,20)(H,22,23)/t8-,10-,11-/m0/s1. The van der Waals surface area contributed by atoms with E-state index >= 15 is 0 Å². The molecule has 2 rings (SSSR count). The predicted molar refractivity (Wildman–Crippen MR) is 80.2 cm³/mol. The fraction of sp³-hybridized carbons (Fsp3) is 0.571. The molecular formula is C14H21N5O4. The van der Waals surface area contributed by atoms with Crippen LogP contribution in [0.3, 0.4) is 0 Å². The van der Waals surface area contributed by atoms with Crippen LogP contribution in [0.1, 0.15) is 25.5 Å². The first kappa shape index (κ1) is 16.9. The number of aliphatic carboxylic acids is 1. The van der Waals surface area contributed by atoms with Crippen molar-refractivity contribution in [1.29, 1.82) is 0 Å². The maximum atomic E-state index is 12.7. The van der Waals surface area contributed by atoms with Crippen molar-refractivity contribution >= 4 is 17.8 Å². The van der Waals surface area contributed by atoms with Gasteiger partial charge in [0.25, 0.3) is 0 Å². The summed E-state index contributed by atoms with van der Waals surface area (Å²) in [5.74, 6) is -1.91. The molecule has 2 heterocycles. The maximum absolute atomic E-state index is 12.7. The highest BCUT2D eigenvalue weighted by Gasteiger charge is 2.37. The average molecular weight is 323 g/mol. The Morgan fingerprint density at radius 2 is 2.30 bits per heavy atom. The molecule has 1 fully saturated rings. The van der Waals surface area contributed by atoms with Gasteiger partial charge in [0.1, 0.15) is 12.1 Å². The van der Waals surface area contributed by atoms with E-state index in [1.54, 1.807) is 6.20 Å². The number of hydrogen-bond donors (Lipinski definition) is 4. The van der Waals surface area contributed by atoms with E-state index in [1.165, 1.54) is 18.2 Å². The number of hydrogen-bond acceptors (Lipinski definition) is 5. The molecular weight excluding hydrogens is 302 g/mol. The number of likely N-dealkylation sites (tertiary alicyclic amines) is 1. The van der Waals surface area contributed by atoms with Crippen LogP contribution in [-0.2, 0) is 20.8 Å². The highest BCUT2D eigenvalue weighted by atomic mass is 16.4. The van der Waals surface area contributed by atoms with Gasteiger partial charge in [0.05, 0.1) is 12.4 Å². The minimum Gasteiger partial charge on any atom is -0.480 e. The second kappa shape index (κ2) is 7.23. The Morgan fingerprint density at radius 1 is 1.57 bits per heavy atom. The summed E-state index contributed by atoms with van der Waals surface area (Å²) < 4.78 is 0. The van der Waals surface area contributed by atoms with E-state index in [0.717, 1.165) is 0 Å². The molecule has 5 N–H and O–H groups in total. The van der Waals surface area contributed by atoms with Crippen molar-refractivity contribution < 1.29 is 19.5 Å². The quantitative estimate of drug-likeness (QED) is 0.521. The number of aromatic amines is 1. The van der Waals surface area contributed by atoms with Gasteiger partial charge >= 0.3 is 5.97 Å². The van der Waals surface area contributed by atoms with E-state index in [0.29, 0.717) is 25.1 Å². The monoisotopic (exact) mass is 323 g/mol. The van der Waals surface area contributed by atoms with Crippen molar-refractivity contribution in [2.45, 2.75) is 44.3 Å². The van der Waals surface area contributed by atoms with Gasteiger partial charge in [0.2, 0.25) is 11.8 Å². The summed E-state index contributed by atoms with van der Waals surface area (Å²) in [6.07, 6.45) is 4.26. The van der Waals surface area contributed by atoms with E-state index < -0.39 is 35.9 Å². The number of aromatic nitrogens is 2. The SMILES string of the molecule is C[C@H](N)C(=O)N[C@@H](Cc1cnc[nH]1)C(=O)N1CCC[C@H]1C(=O)O. The molecule has 9 nitrogen and oxygen atoms in total. The van der Waals surface area contributed by atoms with Crippen LogP contribution >= 0.6 is 0 Å². The minimum atomic E-state index is -1.03. The minimum absolute atomic E-state index is 0.195. The largest absolute Gasteiger partial charge is 0.480 e. The van der Waals surface area contributed by atoms with Crippen molar-refractivity contribution in [2.24, 2.45) is 5.73 Å². The second-order valence-corrected chi connectivity index (χ2v) is 5.66. The molecule has 0 unspecified atom stereocenters. The summed E-state index contributed by atoms with van der Waals surface area (Å²) in [5.41, 5.74) is 6.20. The molecule has 1 aliphatic rings. The Kier molecular flexibility index (Phi) is 5.32. The lowest BCUT2D eigenvalue weighted by Gasteiger charge is -2.27. The number of nitrogens with zero attached hydrogens (tertiary/aromatic N) is 2. The number of amides is 2. The highest BCUT2D eigenvalue weighted by molar-refractivity contribution is 5.92. The third kappa shape index (κ3) is 4.07. The Morgan fingerprint density at radius 3 is 2.87 bits per heavy atom. The molecule has 23 heavy (non-hydrogen) atoms. The lowest BCUT2D eigenvalue weighted by Crippen LogP contribution is -2.54. The van der Waals surface area contributed by atoms with Gasteiger partial charge in [-0.3, -0.25) is 9.59 Å². The maximum Gasteiger partial charge on any atom is 0.326 e. The predicted octanol–water partition coefficient (Wildman–Crippen LogP) is -1.14. The van der Waals surface area contributed by atoms with Crippen molar-refractivity contribution in [3.63, 3.8) is 0 Å². The van der Waals surface area contributed by atoms with Crippen LogP contribution in [0.25, 0.3) is 0 Å². The molecule has 1 aromatic heterocycles. The summed E-state index contributed by atoms with van der Waals surface area (Å²) >= 11 is 0. The number of rotatable bonds is 6. The number of carboxylic acids is 1. The van der Waals surface area contributed by atoms with Crippen molar-refractivity contribution in [1.82, 2.24) is 20.2 Å². The summed E-state index contributed by atoms with van der Waals surface area (Å²) in [7, 11) is 0. The van der Waals surface area contributed by atoms with Crippen LogP contribution in [0.5, 0.6) is 0 Å². The normalized spacial score (nSPS) is 20.1. The highest BCUT2D eigenvalue weighted by Crippen LogP contribution is 2.19. The van der Waals surface area contributed by atoms with Gasteiger partial charge in [-0.25, -0.2) is 9.78 Å². The molecule has 0 aromatic carbocycles. The number of imidazole rings is 1. The lowest BCUT2D eigenvalue weighted by molar-refractivity contribution is -0.149. The molecule has 9 heteroatoms. The zero-order valence-electron chi connectivity index (χ0n) is 12.9. The summed E-state index contributed by atoms with van der Waals surface area (Å²) in [6.45, 7) is 1.88. The molecule has 0 aliphatic carbocycles. The smallest absolute Gasteiger partial charge is 0.326 e. The Balaban J connectivity index is 2.16. The molecule has 126 valence electrons. The zero-order chi connectivity index (χ0) is 17.0. The van der Waals surface area contributed by atoms with Crippen LogP contribution in [0, 0.1) is 0 Å². The van der Waals surface area contributed by atoms with Crippen LogP contribution in [0.15, 0.2) is 12.5 Å². The molecule has 1 aliphatic heterocycles. The second-order valence-electron chi connectivity index (χ2n) is 5.66. The van der Waals surface area contributed by atoms with Gasteiger partial charge < -0.3 is 26.0 Å². The van der Waals surface area contributed by atoms with Crippen LogP contribution in [-0.4, -0.2) is 62.4 Å². The zero-order valence-corrected chi connectivity index (χ0v) is 12.9. The van der Waals surface area contributed by atoms with Gasteiger partial charge in [-0.05, 0) is 19.8 Å². The molecule has 2 amide bonds. The van der Waals surface area contributed by atoms with E-state index in [1.807, 2.05) is 0 Å². The molecule has 0 bridgehead atoms. The van der Waals surface area contributed by atoms with E-state index in [2.05, 4.69) is 15.3 Å². The summed E-state index contributed by atoms with van der Waals surface area (Å²) in [5, 5.41) is 11.8. The fourth-order valence-electron chi connectivity index (χ4n) is 2.61. The molecule has 0 spiro atoms. The summed E-state index contributed by atoms with van der Waals surface area (Å²) in [4.78, 5) is 43.9. The molecule has 1 saturated heterocycles. The van der Waals surface area contributed by atoms with Gasteiger partial charge in [0, 0.05) is 24.9 Å². The summed E-state index contributed by atoms with van der Waals surface area (Å²) in [6, 6.07) is -2.49. The van der Waals surface area contributed by atoms with E-state index in [9.17, 15) is 19.5 Å². The first-order valence-electron chi connectivity index (χ1n) is 7.46. The van der Waals surface area contributed by atoms with Crippen LogP contribution in [0.2, 0.25) is 0 Å². The average Bonchev–Trinajstić information content (AvgIpc) is 3.16. The molecule has 0 radical (unpaired) electrons. The van der Waals surface area contributed by atoms with E-state index in [4.69, 9.17) is 5.73 Å². The Labute approximate surface area is 133 Å². The topological polar surface area (TPSA) is 141 Å². The first-order valence-corrected chi connectivity index (χ1v) is 7.46. The van der Waals surface area contributed by atoms with E-state index in [-0.39, 0.29) is 6.42 Å². The number of H-pyrrole nitrogens is 1. The third-order valence-electron chi connectivity index (χ3n) is 3.83. The first-order chi connectivity index (χ1) is 10.9. The van der Waals surface area contributed by atoms with Crippen molar-refractivity contribution in [3.8, 4) is 0 Å². The van der Waals surface area contributed by atoms with Gasteiger partial charge in [-0.1, -0.05) is 0 Å². The lowest BCUT2D eigenvalue weighted by atomic mass is 10.1. The third-order valence-corrected chi connectivity index (χ3v) is 3.83. The van der Waals surface area contributed by atoms with Gasteiger partial charge in [-0.15, -0.1) is 0 Å². The Bertz CT molecular complexity index is 572. The number of carbonyl (C=O) groups excluding carboxylic acids is 2. The Hall–Kier alpha value is -2.42. The number of nitrogens with two attached hydrogens (primary N) is 1. The molecule has 1 aromatic rings. The molecule has 3 atom stereocenters. The fourth-order valence-corrected chi connectivity index (χ4v) is 2.61. The van der Waals surface area contributed by atoms with Gasteiger partial charge in [-0.2, -0.15) is 0 Å². The van der Waals surface area contributed by atoms with Gasteiger partial charge in [0.15, 0.2) is 0 Å². The molecule has 0 saturated carbocycles. The van der Waals surface area contributed by atoms with Crippen molar-refractivity contribution in [3.05, 3.63) is 18.2 Å². The van der Waals surface area contributed by atoms with Crippen molar-refractivity contribution in [2.75, 3.05) is 6.54 Å². The van der Waals surface area contributed by atoms with Crippen LogP contribution < -0.4 is 11.1 Å². The number of carbonyl (C=O) groups is 3. The number of carboxylic acid groups (broad SMARTS) is 1. The van der Waals surface area contributed by atoms with Crippen LogP contribution in [0.4, 0.5) is 0 Å². The number of nitrogens with one attached hydrogen (secondary N) is 2.